The number of aromatic nitrogens is 1. The van der Waals surface area contributed by atoms with Crippen molar-refractivity contribution < 1.29 is 9.90 Å². The van der Waals surface area contributed by atoms with E-state index in [1.807, 2.05) is 24.3 Å². The zero-order valence-corrected chi connectivity index (χ0v) is 12.4. The maximum absolute atomic E-state index is 11.2. The van der Waals surface area contributed by atoms with Crippen molar-refractivity contribution in [1.82, 2.24) is 10.3 Å². The SMILES string of the molecule is CCCCC(NCCc1cccc2cccnc12)C(=O)O. The fourth-order valence-electron chi connectivity index (χ4n) is 2.47. The molecule has 0 saturated carbocycles. The van der Waals surface area contributed by atoms with Gasteiger partial charge in [-0.3, -0.25) is 9.78 Å². The van der Waals surface area contributed by atoms with Crippen molar-refractivity contribution in [3.63, 3.8) is 0 Å². The van der Waals surface area contributed by atoms with Crippen LogP contribution in [0.5, 0.6) is 0 Å². The van der Waals surface area contributed by atoms with Gasteiger partial charge in [-0.25, -0.2) is 0 Å². The number of para-hydroxylation sites is 1. The molecule has 1 aromatic carbocycles. The van der Waals surface area contributed by atoms with Crippen LogP contribution >= 0.6 is 0 Å². The summed E-state index contributed by atoms with van der Waals surface area (Å²) in [5.74, 6) is -0.764. The van der Waals surface area contributed by atoms with Crippen molar-refractivity contribution in [2.45, 2.75) is 38.6 Å². The van der Waals surface area contributed by atoms with Crippen LogP contribution in [-0.2, 0) is 11.2 Å². The predicted octanol–water partition coefficient (Wildman–Crippen LogP) is 3.01. The highest BCUT2D eigenvalue weighted by molar-refractivity contribution is 5.81. The van der Waals surface area contributed by atoms with Crippen molar-refractivity contribution in [1.29, 1.82) is 0 Å². The number of fused-ring (bicyclic) bond motifs is 1. The Morgan fingerprint density at radius 3 is 2.90 bits per heavy atom. The monoisotopic (exact) mass is 286 g/mol. The molecule has 1 atom stereocenters. The van der Waals surface area contributed by atoms with Gasteiger partial charge in [0, 0.05) is 18.1 Å². The number of pyridine rings is 1. The van der Waals surface area contributed by atoms with Gasteiger partial charge < -0.3 is 10.4 Å². The maximum atomic E-state index is 11.2. The Bertz CT molecular complexity index is 593. The van der Waals surface area contributed by atoms with E-state index in [1.54, 1.807) is 6.20 Å². The summed E-state index contributed by atoms with van der Waals surface area (Å²) in [6, 6.07) is 9.63. The smallest absolute Gasteiger partial charge is 0.320 e. The van der Waals surface area contributed by atoms with Gasteiger partial charge in [-0.1, -0.05) is 44.0 Å². The Morgan fingerprint density at radius 2 is 2.14 bits per heavy atom. The first kappa shape index (κ1) is 15.4. The highest BCUT2D eigenvalue weighted by Gasteiger charge is 2.15. The van der Waals surface area contributed by atoms with Crippen LogP contribution in [0.3, 0.4) is 0 Å². The predicted molar refractivity (Wildman–Crippen MR) is 84.4 cm³/mol. The minimum atomic E-state index is -0.764. The average molecular weight is 286 g/mol. The second-order valence-corrected chi connectivity index (χ2v) is 5.23. The molecule has 0 amide bonds. The maximum Gasteiger partial charge on any atom is 0.320 e. The number of benzene rings is 1. The number of nitrogens with zero attached hydrogens (tertiary/aromatic N) is 1. The van der Waals surface area contributed by atoms with Crippen LogP contribution in [0.25, 0.3) is 10.9 Å². The summed E-state index contributed by atoms with van der Waals surface area (Å²) in [6.07, 6.45) is 5.20. The Morgan fingerprint density at radius 1 is 1.33 bits per heavy atom. The van der Waals surface area contributed by atoms with Crippen molar-refractivity contribution in [2.24, 2.45) is 0 Å². The molecular weight excluding hydrogens is 264 g/mol. The molecule has 1 heterocycles. The van der Waals surface area contributed by atoms with E-state index >= 15 is 0 Å². The van der Waals surface area contributed by atoms with Crippen molar-refractivity contribution in [2.75, 3.05) is 6.54 Å². The minimum Gasteiger partial charge on any atom is -0.480 e. The fraction of sp³-hybridized carbons (Fsp3) is 0.412. The van der Waals surface area contributed by atoms with Gasteiger partial charge in [-0.15, -0.1) is 0 Å². The van der Waals surface area contributed by atoms with Crippen LogP contribution < -0.4 is 5.32 Å². The van der Waals surface area contributed by atoms with E-state index in [2.05, 4.69) is 23.3 Å². The molecule has 2 N–H and O–H groups in total. The van der Waals surface area contributed by atoms with Gasteiger partial charge >= 0.3 is 5.97 Å². The average Bonchev–Trinajstić information content (AvgIpc) is 2.50. The largest absolute Gasteiger partial charge is 0.480 e. The molecule has 1 aromatic heterocycles. The second kappa shape index (κ2) is 7.74. The number of hydrogen-bond acceptors (Lipinski definition) is 3. The van der Waals surface area contributed by atoms with Gasteiger partial charge in [0.25, 0.3) is 0 Å². The Labute approximate surface area is 125 Å². The lowest BCUT2D eigenvalue weighted by Crippen LogP contribution is -2.37. The van der Waals surface area contributed by atoms with Crippen LogP contribution in [0.2, 0.25) is 0 Å². The molecule has 0 bridgehead atoms. The van der Waals surface area contributed by atoms with E-state index in [4.69, 9.17) is 0 Å². The van der Waals surface area contributed by atoms with Crippen LogP contribution in [0.15, 0.2) is 36.5 Å². The topological polar surface area (TPSA) is 62.2 Å². The standard InChI is InChI=1S/C17H22N2O2/c1-2-3-9-15(17(20)21)18-12-10-14-7-4-6-13-8-5-11-19-16(13)14/h4-8,11,15,18H,2-3,9-10,12H2,1H3,(H,20,21). The van der Waals surface area contributed by atoms with Crippen LogP contribution in [-0.4, -0.2) is 28.6 Å². The van der Waals surface area contributed by atoms with Gasteiger partial charge in [0.2, 0.25) is 0 Å². The number of rotatable bonds is 8. The lowest BCUT2D eigenvalue weighted by Gasteiger charge is -2.14. The Hall–Kier alpha value is -1.94. The zero-order valence-electron chi connectivity index (χ0n) is 12.4. The number of hydrogen-bond donors (Lipinski definition) is 2. The van der Waals surface area contributed by atoms with Crippen molar-refractivity contribution in [3.05, 3.63) is 42.1 Å². The molecule has 2 aromatic rings. The molecule has 0 saturated heterocycles. The first-order chi connectivity index (χ1) is 10.2. The molecular formula is C17H22N2O2. The molecule has 0 fully saturated rings. The van der Waals surface area contributed by atoms with E-state index in [9.17, 15) is 9.90 Å². The van der Waals surface area contributed by atoms with Gasteiger partial charge in [-0.2, -0.15) is 0 Å². The molecule has 0 spiro atoms. The lowest BCUT2D eigenvalue weighted by molar-refractivity contribution is -0.139. The summed E-state index contributed by atoms with van der Waals surface area (Å²) >= 11 is 0. The Balaban J connectivity index is 1.96. The number of carboxylic acids is 1. The van der Waals surface area contributed by atoms with Crippen LogP contribution in [0.4, 0.5) is 0 Å². The van der Waals surface area contributed by atoms with Gasteiger partial charge in [0.05, 0.1) is 5.52 Å². The van der Waals surface area contributed by atoms with Gasteiger partial charge in [0.15, 0.2) is 0 Å². The number of carbonyl (C=O) groups is 1. The lowest BCUT2D eigenvalue weighted by atomic mass is 10.1. The van der Waals surface area contributed by atoms with Crippen LogP contribution in [0, 0.1) is 0 Å². The molecule has 21 heavy (non-hydrogen) atoms. The van der Waals surface area contributed by atoms with E-state index in [0.717, 1.165) is 35.7 Å². The second-order valence-electron chi connectivity index (χ2n) is 5.23. The molecule has 4 heteroatoms. The third-order valence-corrected chi connectivity index (χ3v) is 3.65. The molecule has 4 nitrogen and oxygen atoms in total. The van der Waals surface area contributed by atoms with E-state index in [0.29, 0.717) is 13.0 Å². The third kappa shape index (κ3) is 4.26. The van der Waals surface area contributed by atoms with Crippen LogP contribution in [0.1, 0.15) is 31.7 Å². The number of unbranched alkanes of at least 4 members (excludes halogenated alkanes) is 1. The quantitative estimate of drug-likeness (QED) is 0.783. The van der Waals surface area contributed by atoms with E-state index < -0.39 is 12.0 Å². The highest BCUT2D eigenvalue weighted by atomic mass is 16.4. The number of aliphatic carboxylic acids is 1. The molecule has 0 aliphatic rings. The molecule has 1 unspecified atom stereocenters. The Kier molecular flexibility index (Phi) is 5.69. The van der Waals surface area contributed by atoms with Gasteiger partial charge in [-0.05, 0) is 24.5 Å². The number of nitrogens with one attached hydrogen (secondary N) is 1. The zero-order chi connectivity index (χ0) is 15.1. The third-order valence-electron chi connectivity index (χ3n) is 3.65. The summed E-state index contributed by atoms with van der Waals surface area (Å²) in [6.45, 7) is 2.72. The number of carboxylic acid groups (broad SMARTS) is 1. The molecule has 0 aliphatic carbocycles. The first-order valence-electron chi connectivity index (χ1n) is 7.51. The summed E-state index contributed by atoms with van der Waals surface area (Å²) < 4.78 is 0. The molecule has 2 rings (SSSR count). The summed E-state index contributed by atoms with van der Waals surface area (Å²) in [4.78, 5) is 15.6. The molecule has 0 aliphatic heterocycles. The highest BCUT2D eigenvalue weighted by Crippen LogP contribution is 2.16. The van der Waals surface area contributed by atoms with E-state index in [1.165, 1.54) is 0 Å². The van der Waals surface area contributed by atoms with E-state index in [-0.39, 0.29) is 0 Å². The summed E-state index contributed by atoms with van der Waals surface area (Å²) in [7, 11) is 0. The minimum absolute atomic E-state index is 0.451. The fourth-order valence-corrected chi connectivity index (χ4v) is 2.47. The van der Waals surface area contributed by atoms with Crippen molar-refractivity contribution in [3.8, 4) is 0 Å². The summed E-state index contributed by atoms with van der Waals surface area (Å²) in [5.41, 5.74) is 2.16. The van der Waals surface area contributed by atoms with Crippen molar-refractivity contribution >= 4 is 16.9 Å². The normalized spacial score (nSPS) is 12.4. The first-order valence-corrected chi connectivity index (χ1v) is 7.51. The molecule has 112 valence electrons. The molecule has 0 radical (unpaired) electrons. The summed E-state index contributed by atoms with van der Waals surface area (Å²) in [5, 5.41) is 13.5. The van der Waals surface area contributed by atoms with Gasteiger partial charge in [0.1, 0.15) is 6.04 Å².